The number of carbonyl (C=O) groups is 1. The SMILES string of the molecule is COc1ccc(C(NC(=O)CCCc2nc3ccccc3c(=O)[nH]2)c2ccccc2)cc1. The van der Waals surface area contributed by atoms with Gasteiger partial charge in [0, 0.05) is 12.8 Å². The van der Waals surface area contributed by atoms with Gasteiger partial charge in [-0.2, -0.15) is 0 Å². The highest BCUT2D eigenvalue weighted by Gasteiger charge is 2.17. The third-order valence-corrected chi connectivity index (χ3v) is 5.37. The molecule has 6 nitrogen and oxygen atoms in total. The number of nitrogens with one attached hydrogen (secondary N) is 2. The number of amides is 1. The van der Waals surface area contributed by atoms with Crippen molar-refractivity contribution < 1.29 is 9.53 Å². The first-order valence-corrected chi connectivity index (χ1v) is 10.6. The third kappa shape index (κ3) is 5.03. The summed E-state index contributed by atoms with van der Waals surface area (Å²) in [6, 6.07) is 24.5. The van der Waals surface area contributed by atoms with Crippen LogP contribution in [0.5, 0.6) is 5.75 Å². The second-order valence-corrected chi connectivity index (χ2v) is 7.57. The predicted molar refractivity (Wildman–Crippen MR) is 125 cm³/mol. The normalized spacial score (nSPS) is 11.8. The summed E-state index contributed by atoms with van der Waals surface area (Å²) in [5.74, 6) is 1.30. The number of methoxy groups -OCH3 is 1. The zero-order chi connectivity index (χ0) is 22.3. The maximum atomic E-state index is 12.8. The Morgan fingerprint density at radius 2 is 1.66 bits per heavy atom. The monoisotopic (exact) mass is 427 g/mol. The number of rotatable bonds is 8. The van der Waals surface area contributed by atoms with E-state index in [1.54, 1.807) is 13.2 Å². The molecule has 32 heavy (non-hydrogen) atoms. The van der Waals surface area contributed by atoms with Gasteiger partial charge in [-0.1, -0.05) is 54.6 Å². The number of hydrogen-bond donors (Lipinski definition) is 2. The summed E-state index contributed by atoms with van der Waals surface area (Å²) in [6.45, 7) is 0. The van der Waals surface area contributed by atoms with E-state index in [0.29, 0.717) is 36.0 Å². The molecule has 1 unspecified atom stereocenters. The van der Waals surface area contributed by atoms with E-state index in [-0.39, 0.29) is 17.5 Å². The van der Waals surface area contributed by atoms with Gasteiger partial charge in [0.05, 0.1) is 24.1 Å². The minimum absolute atomic E-state index is 0.0576. The molecule has 1 atom stereocenters. The molecule has 0 aliphatic carbocycles. The molecule has 0 spiro atoms. The van der Waals surface area contributed by atoms with Crippen molar-refractivity contribution in [3.63, 3.8) is 0 Å². The summed E-state index contributed by atoms with van der Waals surface area (Å²) in [7, 11) is 1.63. The van der Waals surface area contributed by atoms with Crippen molar-refractivity contribution in [1.82, 2.24) is 15.3 Å². The fourth-order valence-corrected chi connectivity index (χ4v) is 3.70. The van der Waals surface area contributed by atoms with Crippen molar-refractivity contribution in [3.05, 3.63) is 106 Å². The van der Waals surface area contributed by atoms with Gasteiger partial charge in [0.25, 0.3) is 5.56 Å². The van der Waals surface area contributed by atoms with Gasteiger partial charge in [0.1, 0.15) is 11.6 Å². The standard InChI is InChI=1S/C26H25N3O3/c1-32-20-16-14-19(15-17-20)25(18-8-3-2-4-9-18)29-24(30)13-7-12-23-27-22-11-6-5-10-21(22)26(31)28-23/h2-6,8-11,14-17,25H,7,12-13H2,1H3,(H,29,30)(H,27,28,31). The van der Waals surface area contributed by atoms with Crippen molar-refractivity contribution in [1.29, 1.82) is 0 Å². The highest BCUT2D eigenvalue weighted by Crippen LogP contribution is 2.24. The van der Waals surface area contributed by atoms with E-state index in [0.717, 1.165) is 16.9 Å². The van der Waals surface area contributed by atoms with Gasteiger partial charge < -0.3 is 15.0 Å². The number of benzene rings is 3. The lowest BCUT2D eigenvalue weighted by Crippen LogP contribution is -2.29. The molecule has 162 valence electrons. The van der Waals surface area contributed by atoms with Crippen LogP contribution in [0.25, 0.3) is 10.9 Å². The second-order valence-electron chi connectivity index (χ2n) is 7.57. The van der Waals surface area contributed by atoms with Crippen LogP contribution in [0, 0.1) is 0 Å². The lowest BCUT2D eigenvalue weighted by molar-refractivity contribution is -0.121. The number of aryl methyl sites for hydroxylation is 1. The number of hydrogen-bond acceptors (Lipinski definition) is 4. The van der Waals surface area contributed by atoms with Crippen LogP contribution in [-0.4, -0.2) is 23.0 Å². The molecule has 2 N–H and O–H groups in total. The van der Waals surface area contributed by atoms with Crippen molar-refractivity contribution in [2.75, 3.05) is 7.11 Å². The number of aromatic nitrogens is 2. The number of nitrogens with zero attached hydrogens (tertiary/aromatic N) is 1. The molecule has 0 bridgehead atoms. The maximum absolute atomic E-state index is 12.8. The molecule has 0 saturated carbocycles. The fraction of sp³-hybridized carbons (Fsp3) is 0.192. The molecule has 6 heteroatoms. The van der Waals surface area contributed by atoms with Gasteiger partial charge in [0.15, 0.2) is 0 Å². The minimum atomic E-state index is -0.256. The van der Waals surface area contributed by atoms with Crippen LogP contribution in [-0.2, 0) is 11.2 Å². The molecule has 0 radical (unpaired) electrons. The van der Waals surface area contributed by atoms with Crippen molar-refractivity contribution in [2.24, 2.45) is 0 Å². The second kappa shape index (κ2) is 9.92. The lowest BCUT2D eigenvalue weighted by Gasteiger charge is -2.20. The van der Waals surface area contributed by atoms with Gasteiger partial charge >= 0.3 is 0 Å². The van der Waals surface area contributed by atoms with Gasteiger partial charge in [-0.3, -0.25) is 9.59 Å². The first-order valence-electron chi connectivity index (χ1n) is 10.6. The zero-order valence-electron chi connectivity index (χ0n) is 17.9. The zero-order valence-corrected chi connectivity index (χ0v) is 17.9. The molecule has 1 aromatic heterocycles. The molecule has 3 aromatic carbocycles. The maximum Gasteiger partial charge on any atom is 0.258 e. The average Bonchev–Trinajstić information content (AvgIpc) is 2.83. The Balaban J connectivity index is 1.43. The quantitative estimate of drug-likeness (QED) is 0.442. The van der Waals surface area contributed by atoms with E-state index in [2.05, 4.69) is 15.3 Å². The molecule has 1 heterocycles. The van der Waals surface area contributed by atoms with E-state index in [1.165, 1.54) is 0 Å². The lowest BCUT2D eigenvalue weighted by atomic mass is 9.98. The Morgan fingerprint density at radius 1 is 0.969 bits per heavy atom. The number of para-hydroxylation sites is 1. The van der Waals surface area contributed by atoms with Gasteiger partial charge in [-0.25, -0.2) is 4.98 Å². The molecule has 4 rings (SSSR count). The van der Waals surface area contributed by atoms with Gasteiger partial charge in [-0.05, 0) is 41.8 Å². The topological polar surface area (TPSA) is 84.1 Å². The van der Waals surface area contributed by atoms with E-state index < -0.39 is 0 Å². The van der Waals surface area contributed by atoms with Crippen LogP contribution in [0.2, 0.25) is 0 Å². The Labute approximate surface area is 186 Å². The summed E-state index contributed by atoms with van der Waals surface area (Å²) in [5, 5.41) is 3.71. The highest BCUT2D eigenvalue weighted by atomic mass is 16.5. The smallest absolute Gasteiger partial charge is 0.258 e. The van der Waals surface area contributed by atoms with Crippen LogP contribution in [0.3, 0.4) is 0 Å². The van der Waals surface area contributed by atoms with Crippen molar-refractivity contribution >= 4 is 16.8 Å². The number of aromatic amines is 1. The van der Waals surface area contributed by atoms with E-state index >= 15 is 0 Å². The van der Waals surface area contributed by atoms with E-state index in [9.17, 15) is 9.59 Å². The largest absolute Gasteiger partial charge is 0.497 e. The van der Waals surface area contributed by atoms with Gasteiger partial charge in [0.2, 0.25) is 5.91 Å². The summed E-state index contributed by atoms with van der Waals surface area (Å²) in [6.07, 6.45) is 1.43. The Bertz CT molecular complexity index is 1250. The van der Waals surface area contributed by atoms with E-state index in [1.807, 2.05) is 72.8 Å². The summed E-state index contributed by atoms with van der Waals surface area (Å²) in [4.78, 5) is 32.3. The van der Waals surface area contributed by atoms with Crippen LogP contribution < -0.4 is 15.6 Å². The minimum Gasteiger partial charge on any atom is -0.497 e. The summed E-state index contributed by atoms with van der Waals surface area (Å²) in [5.41, 5.74) is 2.50. The number of carbonyl (C=O) groups excluding carboxylic acids is 1. The molecule has 0 fully saturated rings. The van der Waals surface area contributed by atoms with Crippen LogP contribution in [0.15, 0.2) is 83.7 Å². The summed E-state index contributed by atoms with van der Waals surface area (Å²) >= 11 is 0. The first kappa shape index (κ1) is 21.3. The molecular weight excluding hydrogens is 402 g/mol. The van der Waals surface area contributed by atoms with Crippen LogP contribution >= 0.6 is 0 Å². The number of H-pyrrole nitrogens is 1. The number of fused-ring (bicyclic) bond motifs is 1. The highest BCUT2D eigenvalue weighted by molar-refractivity contribution is 5.77. The van der Waals surface area contributed by atoms with Gasteiger partial charge in [-0.15, -0.1) is 0 Å². The first-order chi connectivity index (χ1) is 15.6. The molecule has 0 saturated heterocycles. The number of ether oxygens (including phenoxy) is 1. The Hall–Kier alpha value is -3.93. The Kier molecular flexibility index (Phi) is 6.60. The Morgan fingerprint density at radius 3 is 2.41 bits per heavy atom. The molecule has 0 aliphatic heterocycles. The molecule has 1 amide bonds. The van der Waals surface area contributed by atoms with Crippen molar-refractivity contribution in [2.45, 2.75) is 25.3 Å². The summed E-state index contributed by atoms with van der Waals surface area (Å²) < 4.78 is 5.25. The van der Waals surface area contributed by atoms with Crippen LogP contribution in [0.1, 0.15) is 35.8 Å². The molecule has 4 aromatic rings. The van der Waals surface area contributed by atoms with Crippen molar-refractivity contribution in [3.8, 4) is 5.75 Å². The fourth-order valence-electron chi connectivity index (χ4n) is 3.70. The van der Waals surface area contributed by atoms with E-state index in [4.69, 9.17) is 4.74 Å². The molecule has 0 aliphatic rings. The average molecular weight is 428 g/mol. The molecular formula is C26H25N3O3. The van der Waals surface area contributed by atoms with Crippen LogP contribution in [0.4, 0.5) is 0 Å². The predicted octanol–water partition coefficient (Wildman–Crippen LogP) is 4.16. The third-order valence-electron chi connectivity index (χ3n) is 5.37.